The number of esters is 1. The molecule has 0 amide bonds. The number of carbonyl (C=O) groups excluding carboxylic acids is 1. The van der Waals surface area contributed by atoms with Crippen molar-refractivity contribution >= 4 is 5.97 Å². The van der Waals surface area contributed by atoms with Crippen molar-refractivity contribution in [3.8, 4) is 11.3 Å². The Balaban J connectivity index is 1.19. The number of rotatable bonds is 16. The minimum Gasteiger partial charge on any atom is -0.459 e. The van der Waals surface area contributed by atoms with E-state index < -0.39 is 102 Å². The van der Waals surface area contributed by atoms with Gasteiger partial charge in [0, 0.05) is 94.5 Å². The number of aliphatic hydroxyl groups excluding tert-OH is 3. The number of cyclic esters (lactones) is 1. The van der Waals surface area contributed by atoms with E-state index in [1.54, 1.807) is 47.7 Å². The van der Waals surface area contributed by atoms with Gasteiger partial charge in [-0.25, -0.2) is 4.98 Å². The first kappa shape index (κ1) is 58.7. The van der Waals surface area contributed by atoms with E-state index in [-0.39, 0.29) is 31.3 Å². The molecule has 0 bridgehead atoms. The van der Waals surface area contributed by atoms with Gasteiger partial charge in [0.05, 0.1) is 59.3 Å². The second-order valence-electron chi connectivity index (χ2n) is 22.4. The third-order valence-electron chi connectivity index (χ3n) is 16.1. The highest BCUT2D eigenvalue weighted by Crippen LogP contribution is 2.40. The fraction of sp³-hybridized carbons (Fsp3) is 0.792. The second kappa shape index (κ2) is 25.1. The molecule has 0 saturated carbocycles. The summed E-state index contributed by atoms with van der Waals surface area (Å²) in [4.78, 5) is 27.2. The molecule has 0 aliphatic carbocycles. The third kappa shape index (κ3) is 14.3. The number of pyridine rings is 1. The summed E-state index contributed by atoms with van der Waals surface area (Å²) in [6, 6.07) is 2.93. The monoisotopic (exact) mass is 1030 g/mol. The predicted molar refractivity (Wildman–Crippen MR) is 272 cm³/mol. The van der Waals surface area contributed by atoms with Crippen LogP contribution in [-0.2, 0) is 52.7 Å². The van der Waals surface area contributed by atoms with E-state index in [9.17, 15) is 30.3 Å². The van der Waals surface area contributed by atoms with Gasteiger partial charge in [-0.3, -0.25) is 14.5 Å². The summed E-state index contributed by atoms with van der Waals surface area (Å²) in [6.07, 6.45) is 2.92. The third-order valence-corrected chi connectivity index (χ3v) is 16.1. The maximum absolute atomic E-state index is 14.5. The number of hydrogen-bond acceptors (Lipinski definition) is 18. The molecule has 3 aliphatic heterocycles. The van der Waals surface area contributed by atoms with Gasteiger partial charge in [0.2, 0.25) is 0 Å². The molecule has 412 valence electrons. The SMILES string of the molecule is CC[C@H]1OC(=O)[C@H](C)[C@@H](O[C@H]2C[C@@](C)(OC)[C@@H](O)[C@H](C)O2)[C@H](C)[C@@H](O[C@@H]2O[C@H](C)C[C@H](N(C)CCc3cn(CCCCn4cnc(-c5cccnc5)c4)nn3)[C@H]2O)[C@](C)(O)C[C@@H](C)CN(C)[C@H](C)[C@@H](O)[C@]1(C)O. The Morgan fingerprint density at radius 2 is 1.68 bits per heavy atom. The summed E-state index contributed by atoms with van der Waals surface area (Å²) in [5, 5.41) is 68.6. The van der Waals surface area contributed by atoms with E-state index in [4.69, 9.17) is 28.4 Å². The molecule has 0 spiro atoms. The van der Waals surface area contributed by atoms with Gasteiger partial charge in [-0.05, 0) is 113 Å². The molecule has 18 atom stereocenters. The Morgan fingerprint density at radius 1 is 0.959 bits per heavy atom. The quantitative estimate of drug-likeness (QED) is 0.101. The molecule has 6 heterocycles. The van der Waals surface area contributed by atoms with E-state index in [1.165, 1.54) is 14.0 Å². The van der Waals surface area contributed by atoms with Crippen LogP contribution in [0.1, 0.15) is 113 Å². The first-order valence-corrected chi connectivity index (χ1v) is 26.5. The average Bonchev–Trinajstić information content (AvgIpc) is 4.03. The van der Waals surface area contributed by atoms with Gasteiger partial charge >= 0.3 is 5.97 Å². The van der Waals surface area contributed by atoms with Crippen LogP contribution in [0.5, 0.6) is 0 Å². The lowest BCUT2D eigenvalue weighted by Gasteiger charge is -2.49. The highest BCUT2D eigenvalue weighted by atomic mass is 16.7. The predicted octanol–water partition coefficient (Wildman–Crippen LogP) is 3.84. The van der Waals surface area contributed by atoms with Gasteiger partial charge in [-0.2, -0.15) is 0 Å². The molecule has 3 aromatic heterocycles. The number of likely N-dealkylation sites (N-methyl/N-ethyl adjacent to an activating group) is 2. The van der Waals surface area contributed by atoms with Crippen LogP contribution in [0.25, 0.3) is 11.3 Å². The van der Waals surface area contributed by atoms with Crippen molar-refractivity contribution in [1.29, 1.82) is 0 Å². The van der Waals surface area contributed by atoms with Crippen LogP contribution in [0.3, 0.4) is 0 Å². The highest BCUT2D eigenvalue weighted by Gasteiger charge is 2.53. The Morgan fingerprint density at radius 3 is 2.37 bits per heavy atom. The molecule has 3 saturated heterocycles. The van der Waals surface area contributed by atoms with Crippen molar-refractivity contribution in [3.63, 3.8) is 0 Å². The summed E-state index contributed by atoms with van der Waals surface area (Å²) < 4.78 is 42.3. The number of methoxy groups -OCH3 is 1. The zero-order valence-electron chi connectivity index (χ0n) is 45.7. The molecule has 3 fully saturated rings. The van der Waals surface area contributed by atoms with Gasteiger partial charge < -0.3 is 68.3 Å². The van der Waals surface area contributed by atoms with Crippen LogP contribution in [-0.4, -0.2) is 195 Å². The van der Waals surface area contributed by atoms with E-state index in [1.807, 2.05) is 81.5 Å². The van der Waals surface area contributed by atoms with E-state index in [2.05, 4.69) is 29.7 Å². The Kier molecular flexibility index (Phi) is 20.2. The maximum atomic E-state index is 14.5. The fourth-order valence-electron chi connectivity index (χ4n) is 11.4. The number of imidazole rings is 1. The molecule has 73 heavy (non-hydrogen) atoms. The first-order valence-electron chi connectivity index (χ1n) is 26.5. The molecule has 3 aliphatic rings. The number of aliphatic hydroxyl groups is 5. The number of aromatic nitrogens is 6. The Labute approximate surface area is 432 Å². The minimum atomic E-state index is -1.83. The highest BCUT2D eigenvalue weighted by molar-refractivity contribution is 5.73. The normalized spacial score (nSPS) is 38.7. The number of nitrogens with zero attached hydrogens (tertiary/aromatic N) is 8. The molecule has 5 N–H and O–H groups in total. The zero-order valence-corrected chi connectivity index (χ0v) is 45.7. The van der Waals surface area contributed by atoms with E-state index >= 15 is 0 Å². The van der Waals surface area contributed by atoms with E-state index in [0.717, 1.165) is 42.9 Å². The number of carbonyl (C=O) groups is 1. The zero-order chi connectivity index (χ0) is 53.6. The van der Waals surface area contributed by atoms with Crippen molar-refractivity contribution in [2.75, 3.05) is 34.3 Å². The van der Waals surface area contributed by atoms with Crippen LogP contribution in [0.15, 0.2) is 43.2 Å². The van der Waals surface area contributed by atoms with Crippen molar-refractivity contribution in [1.82, 2.24) is 39.3 Å². The molecule has 0 unspecified atom stereocenters. The molecule has 0 radical (unpaired) electrons. The largest absolute Gasteiger partial charge is 0.459 e. The summed E-state index contributed by atoms with van der Waals surface area (Å²) in [5.74, 6) is -2.75. The molecule has 0 aromatic carbocycles. The molecule has 20 heteroatoms. The number of unbranched alkanes of at least 4 members (excludes halogenated alkanes) is 1. The van der Waals surface area contributed by atoms with Crippen LogP contribution >= 0.6 is 0 Å². The summed E-state index contributed by atoms with van der Waals surface area (Å²) in [5.41, 5.74) is -1.80. The van der Waals surface area contributed by atoms with Crippen LogP contribution < -0.4 is 0 Å². The standard InChI is InChI=1S/C53H88N8O12/c1-14-42-53(10,67)46(63)36(6)59(12)28-32(2)25-51(8,66)48(34(4)45(35(5)49(65)71-42)72-43-26-52(9,68-13)47(64)37(7)70-43)73-50-44(62)41(24-33(3)69-50)58(11)23-19-39-29-61(57-56-39)22-16-15-21-60-30-40(55-31-60)38-18-17-20-54-27-38/h17-18,20,27,29-37,41-48,50,62-64,66-67H,14-16,19,21-26,28H2,1-13H3/t32-,33-,34+,35-,36-,37+,41+,42-,43+,44-,45+,46-,47+,48-,50+,51-,52-,53-/m1/s1. The van der Waals surface area contributed by atoms with Gasteiger partial charge in [0.1, 0.15) is 30.0 Å². The van der Waals surface area contributed by atoms with Crippen molar-refractivity contribution in [2.24, 2.45) is 17.8 Å². The lowest BCUT2D eigenvalue weighted by atomic mass is 9.77. The summed E-state index contributed by atoms with van der Waals surface area (Å²) in [6.45, 7) is 20.2. The molecule has 3 aromatic rings. The number of aryl methyl sites for hydroxylation is 2. The van der Waals surface area contributed by atoms with Crippen molar-refractivity contribution in [2.45, 2.75) is 218 Å². The van der Waals surface area contributed by atoms with Crippen molar-refractivity contribution < 1.29 is 58.7 Å². The molecular weight excluding hydrogens is 941 g/mol. The maximum Gasteiger partial charge on any atom is 0.311 e. The van der Waals surface area contributed by atoms with Crippen LogP contribution in [0.2, 0.25) is 0 Å². The van der Waals surface area contributed by atoms with Crippen molar-refractivity contribution in [3.05, 3.63) is 48.9 Å². The smallest absolute Gasteiger partial charge is 0.311 e. The topological polar surface area (TPSA) is 242 Å². The second-order valence-corrected chi connectivity index (χ2v) is 22.4. The number of ether oxygens (including phenoxy) is 6. The molecule has 6 rings (SSSR count). The van der Waals surface area contributed by atoms with Gasteiger partial charge in [0.25, 0.3) is 0 Å². The Bertz CT molecular complexity index is 2160. The lowest BCUT2D eigenvalue weighted by molar-refractivity contribution is -0.318. The van der Waals surface area contributed by atoms with Gasteiger partial charge in [-0.15, -0.1) is 5.10 Å². The minimum absolute atomic E-state index is 0.107. The first-order chi connectivity index (χ1) is 34.4. The van der Waals surface area contributed by atoms with Crippen LogP contribution in [0.4, 0.5) is 0 Å². The molecular formula is C53H88N8O12. The van der Waals surface area contributed by atoms with E-state index in [0.29, 0.717) is 25.9 Å². The van der Waals surface area contributed by atoms with Gasteiger partial charge in [0.15, 0.2) is 12.6 Å². The van der Waals surface area contributed by atoms with Crippen LogP contribution in [0, 0.1) is 17.8 Å². The average molecular weight is 1030 g/mol. The van der Waals surface area contributed by atoms with Gasteiger partial charge in [-0.1, -0.05) is 26.0 Å². The number of hydrogen-bond donors (Lipinski definition) is 5. The Hall–Kier alpha value is -3.51. The molecule has 20 nitrogen and oxygen atoms in total. The fourth-order valence-corrected chi connectivity index (χ4v) is 11.4. The lowest BCUT2D eigenvalue weighted by Crippen LogP contribution is -2.61. The summed E-state index contributed by atoms with van der Waals surface area (Å²) >= 11 is 0. The summed E-state index contributed by atoms with van der Waals surface area (Å²) in [7, 11) is 5.31.